The fraction of sp³-hybridized carbons (Fsp3) is 0.267. The maximum absolute atomic E-state index is 12.2. The molecule has 0 radical (unpaired) electrons. The molecule has 20 heavy (non-hydrogen) atoms. The number of hydrogen-bond acceptors (Lipinski definition) is 4. The van der Waals surface area contributed by atoms with Crippen LogP contribution in [0.1, 0.15) is 35.4 Å². The zero-order valence-corrected chi connectivity index (χ0v) is 11.5. The summed E-state index contributed by atoms with van der Waals surface area (Å²) < 4.78 is 5.09. The summed E-state index contributed by atoms with van der Waals surface area (Å²) in [6, 6.07) is 7.06. The van der Waals surface area contributed by atoms with Crippen molar-refractivity contribution in [2.75, 3.05) is 7.11 Å². The summed E-state index contributed by atoms with van der Waals surface area (Å²) in [6.07, 6.45) is 5.78. The molecule has 1 atom stereocenters. The zero-order valence-electron chi connectivity index (χ0n) is 11.5. The number of carbonyl (C=O) groups excluding carboxylic acids is 1. The summed E-state index contributed by atoms with van der Waals surface area (Å²) in [4.78, 5) is 20.3. The third-order valence-electron chi connectivity index (χ3n) is 3.02. The Hall–Kier alpha value is -2.43. The van der Waals surface area contributed by atoms with Gasteiger partial charge in [0.1, 0.15) is 11.4 Å². The first-order valence-electron chi connectivity index (χ1n) is 6.45. The molecule has 104 valence electrons. The number of aromatic nitrogens is 2. The molecule has 2 aromatic rings. The lowest BCUT2D eigenvalue weighted by Crippen LogP contribution is -2.28. The molecule has 0 aliphatic rings. The Morgan fingerprint density at radius 2 is 2.05 bits per heavy atom. The minimum atomic E-state index is -0.215. The van der Waals surface area contributed by atoms with E-state index in [0.717, 1.165) is 12.0 Å². The van der Waals surface area contributed by atoms with Crippen LogP contribution in [0, 0.1) is 0 Å². The highest BCUT2D eigenvalue weighted by atomic mass is 16.5. The van der Waals surface area contributed by atoms with E-state index in [2.05, 4.69) is 15.3 Å². The Balaban J connectivity index is 2.13. The number of amides is 1. The fourth-order valence-corrected chi connectivity index (χ4v) is 1.91. The molecule has 0 aliphatic heterocycles. The van der Waals surface area contributed by atoms with Crippen LogP contribution in [0.3, 0.4) is 0 Å². The van der Waals surface area contributed by atoms with Gasteiger partial charge in [-0.15, -0.1) is 0 Å². The molecule has 2 aromatic heterocycles. The van der Waals surface area contributed by atoms with Crippen molar-refractivity contribution in [3.05, 3.63) is 54.1 Å². The standard InChI is InChI=1S/C15H17N3O2/c1-3-13(11-4-7-16-8-5-11)18-15(19)14-10-12(20-2)6-9-17-14/h4-10,13H,3H2,1-2H3,(H,18,19)/t13-/m0/s1. The van der Waals surface area contributed by atoms with Gasteiger partial charge in [-0.2, -0.15) is 0 Å². The second-order valence-corrected chi connectivity index (χ2v) is 4.30. The van der Waals surface area contributed by atoms with Gasteiger partial charge in [-0.1, -0.05) is 6.92 Å². The topological polar surface area (TPSA) is 64.1 Å². The van der Waals surface area contributed by atoms with Gasteiger partial charge >= 0.3 is 0 Å². The highest BCUT2D eigenvalue weighted by Crippen LogP contribution is 2.17. The molecule has 0 unspecified atom stereocenters. The van der Waals surface area contributed by atoms with Crippen molar-refractivity contribution < 1.29 is 9.53 Å². The van der Waals surface area contributed by atoms with Gasteiger partial charge in [0, 0.05) is 24.7 Å². The highest BCUT2D eigenvalue weighted by Gasteiger charge is 2.15. The number of pyridine rings is 2. The Bertz CT molecular complexity index is 572. The van der Waals surface area contributed by atoms with E-state index < -0.39 is 0 Å². The van der Waals surface area contributed by atoms with E-state index in [1.807, 2.05) is 19.1 Å². The predicted octanol–water partition coefficient (Wildman–Crippen LogP) is 2.37. The zero-order chi connectivity index (χ0) is 14.4. The molecule has 0 bridgehead atoms. The van der Waals surface area contributed by atoms with Crippen LogP contribution < -0.4 is 10.1 Å². The van der Waals surface area contributed by atoms with Crippen molar-refractivity contribution in [3.63, 3.8) is 0 Å². The lowest BCUT2D eigenvalue weighted by Gasteiger charge is -2.17. The van der Waals surface area contributed by atoms with Crippen molar-refractivity contribution in [2.45, 2.75) is 19.4 Å². The summed E-state index contributed by atoms with van der Waals surface area (Å²) >= 11 is 0. The number of rotatable bonds is 5. The van der Waals surface area contributed by atoms with Gasteiger partial charge in [-0.25, -0.2) is 0 Å². The van der Waals surface area contributed by atoms with Crippen LogP contribution in [0.4, 0.5) is 0 Å². The SMILES string of the molecule is CC[C@H](NC(=O)c1cc(OC)ccn1)c1ccncc1. The Kier molecular flexibility index (Phi) is 4.65. The van der Waals surface area contributed by atoms with Crippen LogP contribution in [-0.2, 0) is 0 Å². The van der Waals surface area contributed by atoms with Gasteiger partial charge in [0.15, 0.2) is 0 Å². The fourth-order valence-electron chi connectivity index (χ4n) is 1.91. The van der Waals surface area contributed by atoms with Gasteiger partial charge in [-0.3, -0.25) is 14.8 Å². The van der Waals surface area contributed by atoms with Crippen molar-refractivity contribution in [3.8, 4) is 5.75 Å². The summed E-state index contributed by atoms with van der Waals surface area (Å²) in [5.74, 6) is 0.398. The van der Waals surface area contributed by atoms with Crippen LogP contribution in [0.2, 0.25) is 0 Å². The van der Waals surface area contributed by atoms with E-state index in [1.165, 1.54) is 0 Å². The highest BCUT2D eigenvalue weighted by molar-refractivity contribution is 5.92. The third kappa shape index (κ3) is 3.32. The molecule has 0 spiro atoms. The maximum Gasteiger partial charge on any atom is 0.270 e. The number of hydrogen-bond donors (Lipinski definition) is 1. The van der Waals surface area contributed by atoms with Crippen LogP contribution in [0.5, 0.6) is 5.75 Å². The van der Waals surface area contributed by atoms with Crippen molar-refractivity contribution in [1.82, 2.24) is 15.3 Å². The first-order chi connectivity index (χ1) is 9.74. The normalized spacial score (nSPS) is 11.7. The van der Waals surface area contributed by atoms with Gasteiger partial charge in [0.25, 0.3) is 5.91 Å². The molecular weight excluding hydrogens is 254 g/mol. The molecule has 0 aromatic carbocycles. The molecule has 0 saturated heterocycles. The Morgan fingerprint density at radius 3 is 2.70 bits per heavy atom. The van der Waals surface area contributed by atoms with Gasteiger partial charge in [-0.05, 0) is 30.2 Å². The summed E-state index contributed by atoms with van der Waals surface area (Å²) in [5.41, 5.74) is 1.37. The van der Waals surface area contributed by atoms with Crippen molar-refractivity contribution in [2.24, 2.45) is 0 Å². The lowest BCUT2D eigenvalue weighted by atomic mass is 10.1. The van der Waals surface area contributed by atoms with E-state index in [9.17, 15) is 4.79 Å². The first kappa shape index (κ1) is 14.0. The smallest absolute Gasteiger partial charge is 0.270 e. The molecule has 2 heterocycles. The van der Waals surface area contributed by atoms with Crippen molar-refractivity contribution in [1.29, 1.82) is 0 Å². The van der Waals surface area contributed by atoms with Gasteiger partial charge < -0.3 is 10.1 Å². The predicted molar refractivity (Wildman–Crippen MR) is 75.5 cm³/mol. The largest absolute Gasteiger partial charge is 0.497 e. The lowest BCUT2D eigenvalue weighted by molar-refractivity contribution is 0.0930. The second kappa shape index (κ2) is 6.65. The summed E-state index contributed by atoms with van der Waals surface area (Å²) in [7, 11) is 1.56. The number of carbonyl (C=O) groups is 1. The van der Waals surface area contributed by atoms with Gasteiger partial charge in [0.2, 0.25) is 0 Å². The van der Waals surface area contributed by atoms with E-state index >= 15 is 0 Å². The minimum absolute atomic E-state index is 0.0569. The van der Waals surface area contributed by atoms with Crippen LogP contribution in [-0.4, -0.2) is 23.0 Å². The van der Waals surface area contributed by atoms with Gasteiger partial charge in [0.05, 0.1) is 13.2 Å². The Morgan fingerprint density at radius 1 is 1.30 bits per heavy atom. The summed E-state index contributed by atoms with van der Waals surface area (Å²) in [6.45, 7) is 2.02. The van der Waals surface area contributed by atoms with E-state index in [4.69, 9.17) is 4.74 Å². The molecule has 2 rings (SSSR count). The Labute approximate surface area is 118 Å². The number of ether oxygens (including phenoxy) is 1. The van der Waals surface area contributed by atoms with E-state index in [1.54, 1.807) is 37.8 Å². The number of nitrogens with zero attached hydrogens (tertiary/aromatic N) is 2. The number of methoxy groups -OCH3 is 1. The molecule has 0 fully saturated rings. The average molecular weight is 271 g/mol. The molecule has 1 amide bonds. The van der Waals surface area contributed by atoms with Crippen LogP contribution in [0.15, 0.2) is 42.9 Å². The minimum Gasteiger partial charge on any atom is -0.497 e. The van der Waals surface area contributed by atoms with E-state index in [-0.39, 0.29) is 11.9 Å². The first-order valence-corrected chi connectivity index (χ1v) is 6.45. The number of nitrogens with one attached hydrogen (secondary N) is 1. The molecule has 0 aliphatic carbocycles. The second-order valence-electron chi connectivity index (χ2n) is 4.30. The summed E-state index contributed by atoms with van der Waals surface area (Å²) in [5, 5.41) is 2.97. The van der Waals surface area contributed by atoms with Crippen molar-refractivity contribution >= 4 is 5.91 Å². The molecular formula is C15H17N3O2. The molecule has 5 nitrogen and oxygen atoms in total. The molecule has 1 N–H and O–H groups in total. The third-order valence-corrected chi connectivity index (χ3v) is 3.02. The van der Waals surface area contributed by atoms with Crippen LogP contribution >= 0.6 is 0 Å². The monoisotopic (exact) mass is 271 g/mol. The van der Waals surface area contributed by atoms with Crippen LogP contribution in [0.25, 0.3) is 0 Å². The average Bonchev–Trinajstić information content (AvgIpc) is 2.53. The molecule has 0 saturated carbocycles. The molecule has 5 heteroatoms. The maximum atomic E-state index is 12.2. The van der Waals surface area contributed by atoms with E-state index in [0.29, 0.717) is 11.4 Å². The quantitative estimate of drug-likeness (QED) is 0.906.